The third-order valence-electron chi connectivity index (χ3n) is 5.04. The van der Waals surface area contributed by atoms with Crippen LogP contribution in [0.5, 0.6) is 0 Å². The summed E-state index contributed by atoms with van der Waals surface area (Å²) in [6.07, 6.45) is 5.55. The summed E-state index contributed by atoms with van der Waals surface area (Å²) in [5.74, 6) is 1.59. The molecule has 3 aromatic heterocycles. The predicted molar refractivity (Wildman–Crippen MR) is 99.4 cm³/mol. The van der Waals surface area contributed by atoms with Crippen LogP contribution in [0.2, 0.25) is 0 Å². The van der Waals surface area contributed by atoms with E-state index >= 15 is 0 Å². The van der Waals surface area contributed by atoms with Crippen LogP contribution < -0.4 is 5.32 Å². The molecular weight excluding hydrogens is 318 g/mol. The zero-order valence-corrected chi connectivity index (χ0v) is 14.8. The normalized spacial score (nSPS) is 16.3. The van der Waals surface area contributed by atoms with Crippen LogP contribution in [0, 0.1) is 0 Å². The molecule has 1 aliphatic carbocycles. The summed E-state index contributed by atoms with van der Waals surface area (Å²) in [4.78, 5) is 17.2. The molecule has 1 saturated carbocycles. The van der Waals surface area contributed by atoms with Crippen LogP contribution in [0.1, 0.15) is 19.3 Å². The first-order valence-corrected chi connectivity index (χ1v) is 9.14. The Morgan fingerprint density at radius 3 is 2.75 bits per heavy atom. The molecule has 3 heterocycles. The maximum Gasteiger partial charge on any atom is 0.181 e. The van der Waals surface area contributed by atoms with Gasteiger partial charge in [-0.1, -0.05) is 6.07 Å². The lowest BCUT2D eigenvalue weighted by Gasteiger charge is -2.47. The van der Waals surface area contributed by atoms with E-state index in [4.69, 9.17) is 4.98 Å². The van der Waals surface area contributed by atoms with Gasteiger partial charge in [0.15, 0.2) is 5.82 Å². The Bertz CT molecular complexity index is 839. The highest BCUT2D eigenvalue weighted by Crippen LogP contribution is 2.37. The molecule has 1 fully saturated rings. The standard InChI is InChI=1S/C18H21N5S/c1-23(2)18(8-5-9-18)12-20-15-13-7-11-24-17(13)22-16(21-15)14-6-3-4-10-19-14/h3-4,6-7,10-11H,5,8-9,12H2,1-2H3,(H,20,21,22). The van der Waals surface area contributed by atoms with Crippen molar-refractivity contribution in [2.24, 2.45) is 0 Å². The maximum atomic E-state index is 4.77. The molecule has 0 saturated heterocycles. The third kappa shape index (κ3) is 2.65. The zero-order chi connectivity index (χ0) is 16.6. The highest BCUT2D eigenvalue weighted by atomic mass is 32.1. The van der Waals surface area contributed by atoms with Gasteiger partial charge < -0.3 is 10.2 Å². The minimum absolute atomic E-state index is 0.248. The average Bonchev–Trinajstić information content (AvgIpc) is 3.02. The van der Waals surface area contributed by atoms with Gasteiger partial charge >= 0.3 is 0 Å². The maximum absolute atomic E-state index is 4.77. The first-order valence-electron chi connectivity index (χ1n) is 8.26. The van der Waals surface area contributed by atoms with Crippen molar-refractivity contribution in [1.82, 2.24) is 19.9 Å². The highest BCUT2D eigenvalue weighted by Gasteiger charge is 2.38. The molecule has 0 radical (unpaired) electrons. The fraction of sp³-hybridized carbons (Fsp3) is 0.389. The second-order valence-electron chi connectivity index (χ2n) is 6.58. The number of likely N-dealkylation sites (N-methyl/N-ethyl adjacent to an activating group) is 1. The number of anilines is 1. The summed E-state index contributed by atoms with van der Waals surface area (Å²) >= 11 is 1.64. The average molecular weight is 339 g/mol. The summed E-state index contributed by atoms with van der Waals surface area (Å²) in [6, 6.07) is 7.91. The van der Waals surface area contributed by atoms with E-state index in [1.165, 1.54) is 19.3 Å². The topological polar surface area (TPSA) is 53.9 Å². The van der Waals surface area contributed by atoms with Crippen molar-refractivity contribution in [1.29, 1.82) is 0 Å². The van der Waals surface area contributed by atoms with Crippen molar-refractivity contribution in [3.8, 4) is 11.5 Å². The number of pyridine rings is 1. The Labute approximate surface area is 145 Å². The second-order valence-corrected chi connectivity index (χ2v) is 7.47. The van der Waals surface area contributed by atoms with E-state index in [2.05, 4.69) is 45.7 Å². The van der Waals surface area contributed by atoms with Crippen LogP contribution in [0.15, 0.2) is 35.8 Å². The van der Waals surface area contributed by atoms with Gasteiger partial charge in [0, 0.05) is 18.3 Å². The molecule has 124 valence electrons. The molecule has 1 aliphatic rings. The number of thiophene rings is 1. The van der Waals surface area contributed by atoms with Gasteiger partial charge in [0.1, 0.15) is 16.3 Å². The minimum atomic E-state index is 0.248. The summed E-state index contributed by atoms with van der Waals surface area (Å²) < 4.78 is 0. The van der Waals surface area contributed by atoms with Crippen LogP contribution >= 0.6 is 11.3 Å². The Morgan fingerprint density at radius 2 is 2.08 bits per heavy atom. The van der Waals surface area contributed by atoms with E-state index in [1.807, 2.05) is 18.2 Å². The van der Waals surface area contributed by atoms with Crippen LogP contribution in [0.3, 0.4) is 0 Å². The van der Waals surface area contributed by atoms with Crippen molar-refractivity contribution in [2.45, 2.75) is 24.8 Å². The Balaban J connectivity index is 1.68. The first-order chi connectivity index (χ1) is 11.7. The molecular formula is C18H21N5S. The van der Waals surface area contributed by atoms with Gasteiger partial charge in [-0.3, -0.25) is 4.98 Å². The molecule has 0 aromatic carbocycles. The molecule has 0 bridgehead atoms. The van der Waals surface area contributed by atoms with Crippen molar-refractivity contribution in [2.75, 3.05) is 26.0 Å². The molecule has 6 heteroatoms. The van der Waals surface area contributed by atoms with Crippen LogP contribution in [0.4, 0.5) is 5.82 Å². The quantitative estimate of drug-likeness (QED) is 0.769. The fourth-order valence-electron chi connectivity index (χ4n) is 3.21. The minimum Gasteiger partial charge on any atom is -0.368 e. The Kier molecular flexibility index (Phi) is 3.94. The molecule has 4 rings (SSSR count). The molecule has 1 N–H and O–H groups in total. The van der Waals surface area contributed by atoms with Crippen molar-refractivity contribution in [3.63, 3.8) is 0 Å². The van der Waals surface area contributed by atoms with Gasteiger partial charge in [0.25, 0.3) is 0 Å². The number of rotatable bonds is 5. The van der Waals surface area contributed by atoms with E-state index in [0.717, 1.165) is 28.3 Å². The van der Waals surface area contributed by atoms with E-state index in [9.17, 15) is 0 Å². The lowest BCUT2D eigenvalue weighted by atomic mass is 9.75. The molecule has 3 aromatic rings. The number of nitrogens with one attached hydrogen (secondary N) is 1. The van der Waals surface area contributed by atoms with Gasteiger partial charge in [-0.15, -0.1) is 11.3 Å². The van der Waals surface area contributed by atoms with Crippen molar-refractivity contribution in [3.05, 3.63) is 35.8 Å². The summed E-state index contributed by atoms with van der Waals surface area (Å²) in [6.45, 7) is 0.906. The van der Waals surface area contributed by atoms with Gasteiger partial charge in [-0.2, -0.15) is 0 Å². The molecule has 0 unspecified atom stereocenters. The monoisotopic (exact) mass is 339 g/mol. The summed E-state index contributed by atoms with van der Waals surface area (Å²) in [5, 5.41) is 6.75. The number of aromatic nitrogens is 3. The van der Waals surface area contributed by atoms with Crippen LogP contribution in [-0.4, -0.2) is 46.0 Å². The van der Waals surface area contributed by atoms with Crippen molar-refractivity contribution >= 4 is 27.4 Å². The van der Waals surface area contributed by atoms with Crippen molar-refractivity contribution < 1.29 is 0 Å². The Morgan fingerprint density at radius 1 is 1.21 bits per heavy atom. The number of hydrogen-bond acceptors (Lipinski definition) is 6. The largest absolute Gasteiger partial charge is 0.368 e. The fourth-order valence-corrected chi connectivity index (χ4v) is 3.98. The SMILES string of the molecule is CN(C)C1(CNc2nc(-c3ccccn3)nc3sccc23)CCC1. The number of fused-ring (bicyclic) bond motifs is 1. The highest BCUT2D eigenvalue weighted by molar-refractivity contribution is 7.16. The molecule has 0 spiro atoms. The van der Waals surface area contributed by atoms with Gasteiger partial charge in [-0.25, -0.2) is 9.97 Å². The molecule has 5 nitrogen and oxygen atoms in total. The summed E-state index contributed by atoms with van der Waals surface area (Å²) in [5.41, 5.74) is 1.06. The van der Waals surface area contributed by atoms with E-state index in [1.54, 1.807) is 17.5 Å². The smallest absolute Gasteiger partial charge is 0.181 e. The molecule has 24 heavy (non-hydrogen) atoms. The second kappa shape index (κ2) is 6.11. The molecule has 0 atom stereocenters. The first kappa shape index (κ1) is 15.5. The van der Waals surface area contributed by atoms with Gasteiger partial charge in [-0.05, 0) is 56.9 Å². The van der Waals surface area contributed by atoms with Gasteiger partial charge in [0.2, 0.25) is 0 Å². The van der Waals surface area contributed by atoms with Gasteiger partial charge in [0.05, 0.1) is 5.39 Å². The van der Waals surface area contributed by atoms with E-state index < -0.39 is 0 Å². The lowest BCUT2D eigenvalue weighted by molar-refractivity contribution is 0.0738. The number of hydrogen-bond donors (Lipinski definition) is 1. The molecule has 0 amide bonds. The molecule has 0 aliphatic heterocycles. The van der Waals surface area contributed by atoms with E-state index in [-0.39, 0.29) is 5.54 Å². The van der Waals surface area contributed by atoms with Crippen LogP contribution in [-0.2, 0) is 0 Å². The van der Waals surface area contributed by atoms with Crippen LogP contribution in [0.25, 0.3) is 21.7 Å². The Hall–Kier alpha value is -2.05. The number of nitrogens with zero attached hydrogens (tertiary/aromatic N) is 4. The third-order valence-corrected chi connectivity index (χ3v) is 5.84. The van der Waals surface area contributed by atoms with E-state index in [0.29, 0.717) is 5.82 Å². The zero-order valence-electron chi connectivity index (χ0n) is 14.0. The lowest BCUT2D eigenvalue weighted by Crippen LogP contribution is -2.54. The summed E-state index contributed by atoms with van der Waals surface area (Å²) in [7, 11) is 4.33. The predicted octanol–water partition coefficient (Wildman–Crippen LogP) is 3.65.